The van der Waals surface area contributed by atoms with E-state index in [2.05, 4.69) is 15.9 Å². The van der Waals surface area contributed by atoms with Crippen LogP contribution in [0.25, 0.3) is 0 Å². The van der Waals surface area contributed by atoms with Crippen LogP contribution in [0.2, 0.25) is 0 Å². The molecule has 1 aromatic carbocycles. The predicted octanol–water partition coefficient (Wildman–Crippen LogP) is 2.06. The van der Waals surface area contributed by atoms with E-state index < -0.39 is 0 Å². The first-order chi connectivity index (χ1) is 7.13. The summed E-state index contributed by atoms with van der Waals surface area (Å²) < 4.78 is 15.6. The Labute approximate surface area is 97.4 Å². The third kappa shape index (κ3) is 2.54. The Morgan fingerprint density at radius 3 is 1.80 bits per heavy atom. The van der Waals surface area contributed by atoms with Gasteiger partial charge in [0.25, 0.3) is 0 Å². The lowest BCUT2D eigenvalue weighted by molar-refractivity contribution is 0.369. The number of halogens is 1. The molecule has 5 heteroatoms. The van der Waals surface area contributed by atoms with Gasteiger partial charge in [0.2, 0.25) is 0 Å². The van der Waals surface area contributed by atoms with Crippen molar-refractivity contribution in [1.82, 2.24) is 0 Å². The Kier molecular flexibility index (Phi) is 4.23. The van der Waals surface area contributed by atoms with Crippen molar-refractivity contribution in [2.75, 3.05) is 21.3 Å². The molecule has 1 atom stereocenters. The fourth-order valence-electron chi connectivity index (χ4n) is 1.30. The highest BCUT2D eigenvalue weighted by atomic mass is 79.9. The second kappa shape index (κ2) is 5.23. The summed E-state index contributed by atoms with van der Waals surface area (Å²) >= 11 is 3.29. The number of nitrogens with two attached hydrogens (primary N) is 1. The largest absolute Gasteiger partial charge is 0.496 e. The van der Waals surface area contributed by atoms with Crippen molar-refractivity contribution in [1.29, 1.82) is 0 Å². The molecular weight excluding hydrogens is 262 g/mol. The maximum atomic E-state index is 5.77. The van der Waals surface area contributed by atoms with Gasteiger partial charge in [0, 0.05) is 12.1 Å². The molecule has 2 N–H and O–H groups in total. The average Bonchev–Trinajstić information content (AvgIpc) is 2.26. The van der Waals surface area contributed by atoms with Gasteiger partial charge in [0.05, 0.1) is 31.8 Å². The molecule has 0 aromatic heterocycles. The first kappa shape index (κ1) is 12.1. The quantitative estimate of drug-likeness (QED) is 0.675. The molecule has 0 aliphatic heterocycles. The van der Waals surface area contributed by atoms with E-state index in [0.717, 1.165) is 5.56 Å². The van der Waals surface area contributed by atoms with E-state index in [-0.39, 0.29) is 4.95 Å². The number of methoxy groups -OCH3 is 3. The standard InChI is InChI=1S/C10H14BrNO3/c1-13-6-4-7(14-2)9(10(11)12)8(5-6)15-3/h4-5,10H,12H2,1-3H3. The maximum absolute atomic E-state index is 5.77. The van der Waals surface area contributed by atoms with Crippen LogP contribution in [0.5, 0.6) is 17.2 Å². The maximum Gasteiger partial charge on any atom is 0.131 e. The fourth-order valence-corrected chi connectivity index (χ4v) is 1.76. The molecule has 0 amide bonds. The van der Waals surface area contributed by atoms with E-state index in [4.69, 9.17) is 19.9 Å². The van der Waals surface area contributed by atoms with Gasteiger partial charge in [-0.3, -0.25) is 0 Å². The zero-order chi connectivity index (χ0) is 11.4. The van der Waals surface area contributed by atoms with Crippen molar-refractivity contribution < 1.29 is 14.2 Å². The SMILES string of the molecule is COc1cc(OC)c(C(N)Br)c(OC)c1. The summed E-state index contributed by atoms with van der Waals surface area (Å²) in [6.45, 7) is 0. The van der Waals surface area contributed by atoms with Crippen LogP contribution < -0.4 is 19.9 Å². The molecule has 0 saturated carbocycles. The molecule has 0 radical (unpaired) electrons. The van der Waals surface area contributed by atoms with Gasteiger partial charge in [-0.05, 0) is 0 Å². The van der Waals surface area contributed by atoms with Gasteiger partial charge in [-0.25, -0.2) is 0 Å². The summed E-state index contributed by atoms with van der Waals surface area (Å²) in [6.07, 6.45) is 0. The van der Waals surface area contributed by atoms with Crippen LogP contribution in [0, 0.1) is 0 Å². The van der Waals surface area contributed by atoms with Crippen LogP contribution in [0.3, 0.4) is 0 Å². The molecule has 1 rings (SSSR count). The molecule has 4 nitrogen and oxygen atoms in total. The predicted molar refractivity (Wildman–Crippen MR) is 62.0 cm³/mol. The molecule has 0 bridgehead atoms. The number of alkyl halides is 1. The summed E-state index contributed by atoms with van der Waals surface area (Å²) in [6, 6.07) is 3.53. The molecule has 0 spiro atoms. The summed E-state index contributed by atoms with van der Waals surface area (Å²) in [5.41, 5.74) is 6.54. The minimum Gasteiger partial charge on any atom is -0.496 e. The van der Waals surface area contributed by atoms with E-state index in [0.29, 0.717) is 17.2 Å². The van der Waals surface area contributed by atoms with E-state index >= 15 is 0 Å². The number of rotatable bonds is 4. The second-order valence-corrected chi connectivity index (χ2v) is 3.83. The molecule has 15 heavy (non-hydrogen) atoms. The molecule has 0 saturated heterocycles. The van der Waals surface area contributed by atoms with Crippen molar-refractivity contribution in [3.8, 4) is 17.2 Å². The van der Waals surface area contributed by atoms with Gasteiger partial charge in [0.1, 0.15) is 17.2 Å². The lowest BCUT2D eigenvalue weighted by Gasteiger charge is -2.16. The van der Waals surface area contributed by atoms with E-state index in [1.165, 1.54) is 0 Å². The average molecular weight is 276 g/mol. The van der Waals surface area contributed by atoms with Gasteiger partial charge in [-0.2, -0.15) is 0 Å². The van der Waals surface area contributed by atoms with Crippen LogP contribution >= 0.6 is 15.9 Å². The summed E-state index contributed by atoms with van der Waals surface area (Å²) in [4.78, 5) is -0.340. The van der Waals surface area contributed by atoms with E-state index in [1.54, 1.807) is 33.5 Å². The fraction of sp³-hybridized carbons (Fsp3) is 0.400. The molecular formula is C10H14BrNO3. The van der Waals surface area contributed by atoms with Crippen LogP contribution in [0.1, 0.15) is 10.5 Å². The lowest BCUT2D eigenvalue weighted by atomic mass is 10.1. The zero-order valence-corrected chi connectivity index (χ0v) is 10.5. The van der Waals surface area contributed by atoms with Crippen LogP contribution in [0.15, 0.2) is 12.1 Å². The van der Waals surface area contributed by atoms with Crippen molar-refractivity contribution in [2.45, 2.75) is 4.95 Å². The topological polar surface area (TPSA) is 53.7 Å². The zero-order valence-electron chi connectivity index (χ0n) is 8.91. The minimum absolute atomic E-state index is 0.340. The minimum atomic E-state index is -0.340. The number of ether oxygens (including phenoxy) is 3. The number of hydrogen-bond acceptors (Lipinski definition) is 4. The summed E-state index contributed by atoms with van der Waals surface area (Å²) in [7, 11) is 4.74. The molecule has 84 valence electrons. The van der Waals surface area contributed by atoms with Crippen LogP contribution in [-0.4, -0.2) is 21.3 Å². The summed E-state index contributed by atoms with van der Waals surface area (Å²) in [5.74, 6) is 1.94. The smallest absolute Gasteiger partial charge is 0.131 e. The summed E-state index contributed by atoms with van der Waals surface area (Å²) in [5, 5.41) is 0. The highest BCUT2D eigenvalue weighted by Crippen LogP contribution is 2.39. The number of benzene rings is 1. The molecule has 1 unspecified atom stereocenters. The Hall–Kier alpha value is -0.940. The molecule has 0 fully saturated rings. The Morgan fingerprint density at radius 2 is 1.53 bits per heavy atom. The Bertz CT molecular complexity index is 316. The Balaban J connectivity index is 3.32. The van der Waals surface area contributed by atoms with Gasteiger partial charge in [-0.15, -0.1) is 0 Å². The molecule has 0 aliphatic rings. The third-order valence-electron chi connectivity index (χ3n) is 2.03. The van der Waals surface area contributed by atoms with E-state index in [1.807, 2.05) is 0 Å². The number of hydrogen-bond donors (Lipinski definition) is 1. The third-order valence-corrected chi connectivity index (χ3v) is 2.49. The second-order valence-electron chi connectivity index (χ2n) is 2.85. The van der Waals surface area contributed by atoms with Gasteiger partial charge in [0.15, 0.2) is 0 Å². The van der Waals surface area contributed by atoms with Crippen molar-refractivity contribution in [2.24, 2.45) is 5.73 Å². The van der Waals surface area contributed by atoms with Crippen LogP contribution in [0.4, 0.5) is 0 Å². The molecule has 1 aromatic rings. The molecule has 0 aliphatic carbocycles. The van der Waals surface area contributed by atoms with Crippen molar-refractivity contribution >= 4 is 15.9 Å². The van der Waals surface area contributed by atoms with Crippen molar-refractivity contribution in [3.05, 3.63) is 17.7 Å². The van der Waals surface area contributed by atoms with E-state index in [9.17, 15) is 0 Å². The first-order valence-electron chi connectivity index (χ1n) is 4.33. The lowest BCUT2D eigenvalue weighted by Crippen LogP contribution is -2.06. The van der Waals surface area contributed by atoms with Gasteiger partial charge < -0.3 is 19.9 Å². The monoisotopic (exact) mass is 275 g/mol. The highest BCUT2D eigenvalue weighted by Gasteiger charge is 2.17. The van der Waals surface area contributed by atoms with Gasteiger partial charge >= 0.3 is 0 Å². The first-order valence-corrected chi connectivity index (χ1v) is 5.25. The highest BCUT2D eigenvalue weighted by molar-refractivity contribution is 9.09. The van der Waals surface area contributed by atoms with Crippen LogP contribution in [-0.2, 0) is 0 Å². The molecule has 0 heterocycles. The normalized spacial score (nSPS) is 12.1. The van der Waals surface area contributed by atoms with Crippen molar-refractivity contribution in [3.63, 3.8) is 0 Å². The Morgan fingerprint density at radius 1 is 1.07 bits per heavy atom. The van der Waals surface area contributed by atoms with Gasteiger partial charge in [-0.1, -0.05) is 15.9 Å².